The van der Waals surface area contributed by atoms with Gasteiger partial charge in [0.05, 0.1) is 0 Å². The fourth-order valence-electron chi connectivity index (χ4n) is 1.90. The van der Waals surface area contributed by atoms with Crippen LogP contribution in [0.25, 0.3) is 0 Å². The van der Waals surface area contributed by atoms with Gasteiger partial charge in [0.2, 0.25) is 0 Å². The maximum Gasteiger partial charge on any atom is 0.125 e. The van der Waals surface area contributed by atoms with Crippen LogP contribution in [0.5, 0.6) is 0 Å². The van der Waals surface area contributed by atoms with Gasteiger partial charge in [-0.25, -0.2) is 4.39 Å². The van der Waals surface area contributed by atoms with E-state index in [1.807, 2.05) is 30.3 Å². The van der Waals surface area contributed by atoms with Gasteiger partial charge in [0, 0.05) is 24.5 Å². The van der Waals surface area contributed by atoms with Gasteiger partial charge in [0.15, 0.2) is 0 Å². The van der Waals surface area contributed by atoms with Gasteiger partial charge in [0.1, 0.15) is 5.82 Å². The van der Waals surface area contributed by atoms with Crippen molar-refractivity contribution >= 4 is 11.4 Å². The van der Waals surface area contributed by atoms with Crippen molar-refractivity contribution < 1.29 is 4.39 Å². The quantitative estimate of drug-likeness (QED) is 0.835. The highest BCUT2D eigenvalue weighted by Crippen LogP contribution is 2.18. The Labute approximate surface area is 107 Å². The maximum absolute atomic E-state index is 13.2. The monoisotopic (exact) mass is 244 g/mol. The highest BCUT2D eigenvalue weighted by Gasteiger charge is 2.06. The molecule has 2 nitrogen and oxygen atoms in total. The summed E-state index contributed by atoms with van der Waals surface area (Å²) in [4.78, 5) is 2.12. The van der Waals surface area contributed by atoms with E-state index in [-0.39, 0.29) is 5.82 Å². The van der Waals surface area contributed by atoms with Crippen molar-refractivity contribution in [2.45, 2.75) is 13.5 Å². The van der Waals surface area contributed by atoms with Crippen molar-refractivity contribution in [2.75, 3.05) is 17.2 Å². The molecule has 0 saturated heterocycles. The van der Waals surface area contributed by atoms with Crippen LogP contribution >= 0.6 is 0 Å². The fourth-order valence-corrected chi connectivity index (χ4v) is 1.90. The average molecular weight is 244 g/mol. The molecule has 2 aromatic carbocycles. The maximum atomic E-state index is 13.2. The number of benzene rings is 2. The lowest BCUT2D eigenvalue weighted by Crippen LogP contribution is -2.22. The minimum atomic E-state index is -0.205. The molecule has 0 aliphatic rings. The molecule has 0 heterocycles. The lowest BCUT2D eigenvalue weighted by Gasteiger charge is -2.23. The Balaban J connectivity index is 2.17. The van der Waals surface area contributed by atoms with Crippen LogP contribution < -0.4 is 10.6 Å². The molecular formula is C15H17FN2. The van der Waals surface area contributed by atoms with Crippen LogP contribution in [-0.4, -0.2) is 6.54 Å². The predicted molar refractivity (Wildman–Crippen MR) is 74.0 cm³/mol. The molecule has 2 N–H and O–H groups in total. The number of anilines is 2. The van der Waals surface area contributed by atoms with Crippen LogP contribution in [0.15, 0.2) is 48.5 Å². The van der Waals surface area contributed by atoms with Gasteiger partial charge in [0.25, 0.3) is 0 Å². The number of rotatable bonds is 4. The second kappa shape index (κ2) is 5.54. The minimum absolute atomic E-state index is 0.205. The van der Waals surface area contributed by atoms with Gasteiger partial charge >= 0.3 is 0 Å². The van der Waals surface area contributed by atoms with Crippen molar-refractivity contribution in [3.8, 4) is 0 Å². The zero-order chi connectivity index (χ0) is 13.0. The molecule has 0 amide bonds. The highest BCUT2D eigenvalue weighted by molar-refractivity contribution is 5.48. The van der Waals surface area contributed by atoms with Gasteiger partial charge in [-0.05, 0) is 42.8 Å². The molecule has 94 valence electrons. The summed E-state index contributed by atoms with van der Waals surface area (Å²) >= 11 is 0. The molecule has 2 aromatic rings. The van der Waals surface area contributed by atoms with Gasteiger partial charge in [-0.3, -0.25) is 0 Å². The van der Waals surface area contributed by atoms with Crippen molar-refractivity contribution in [1.29, 1.82) is 0 Å². The van der Waals surface area contributed by atoms with Crippen molar-refractivity contribution in [3.05, 3.63) is 59.9 Å². The molecule has 0 spiro atoms. The molecule has 18 heavy (non-hydrogen) atoms. The summed E-state index contributed by atoms with van der Waals surface area (Å²) in [5.41, 5.74) is 8.47. The van der Waals surface area contributed by atoms with E-state index in [9.17, 15) is 4.39 Å². The van der Waals surface area contributed by atoms with Crippen LogP contribution in [0.4, 0.5) is 15.8 Å². The van der Waals surface area contributed by atoms with Gasteiger partial charge in [-0.2, -0.15) is 0 Å². The lowest BCUT2D eigenvalue weighted by atomic mass is 10.2. The van der Waals surface area contributed by atoms with Crippen molar-refractivity contribution in [3.63, 3.8) is 0 Å². The summed E-state index contributed by atoms with van der Waals surface area (Å²) in [5, 5.41) is 0. The van der Waals surface area contributed by atoms with E-state index in [1.165, 1.54) is 6.07 Å². The predicted octanol–water partition coefficient (Wildman–Crippen LogP) is 3.43. The Kier molecular flexibility index (Phi) is 3.82. The van der Waals surface area contributed by atoms with E-state index < -0.39 is 0 Å². The highest BCUT2D eigenvalue weighted by atomic mass is 19.1. The molecule has 3 heteroatoms. The zero-order valence-electron chi connectivity index (χ0n) is 10.4. The Bertz CT molecular complexity index is 508. The van der Waals surface area contributed by atoms with E-state index in [4.69, 9.17) is 5.73 Å². The number of halogens is 1. The Morgan fingerprint density at radius 1 is 1.11 bits per heavy atom. The van der Waals surface area contributed by atoms with Crippen LogP contribution in [0.3, 0.4) is 0 Å². The molecule has 0 aromatic heterocycles. The molecular weight excluding hydrogens is 227 g/mol. The molecule has 0 unspecified atom stereocenters. The smallest absolute Gasteiger partial charge is 0.125 e. The van der Waals surface area contributed by atoms with E-state index in [0.717, 1.165) is 30.0 Å². The SMILES string of the molecule is CCN(Cc1ccc(N)cc1)c1cccc(F)c1. The van der Waals surface area contributed by atoms with Gasteiger partial charge < -0.3 is 10.6 Å². The number of hydrogen-bond acceptors (Lipinski definition) is 2. The minimum Gasteiger partial charge on any atom is -0.399 e. The first kappa shape index (κ1) is 12.4. The van der Waals surface area contributed by atoms with Crippen LogP contribution in [0.1, 0.15) is 12.5 Å². The Morgan fingerprint density at radius 3 is 2.44 bits per heavy atom. The summed E-state index contributed by atoms with van der Waals surface area (Å²) in [7, 11) is 0. The average Bonchev–Trinajstić information content (AvgIpc) is 2.38. The Hall–Kier alpha value is -2.03. The third kappa shape index (κ3) is 3.00. The first-order valence-corrected chi connectivity index (χ1v) is 6.04. The van der Waals surface area contributed by atoms with E-state index in [1.54, 1.807) is 12.1 Å². The molecule has 0 radical (unpaired) electrons. The first-order valence-electron chi connectivity index (χ1n) is 6.04. The fraction of sp³-hybridized carbons (Fsp3) is 0.200. The van der Waals surface area contributed by atoms with Gasteiger partial charge in [-0.1, -0.05) is 18.2 Å². The van der Waals surface area contributed by atoms with E-state index in [2.05, 4.69) is 11.8 Å². The first-order chi connectivity index (χ1) is 8.69. The molecule has 0 bridgehead atoms. The normalized spacial score (nSPS) is 10.3. The summed E-state index contributed by atoms with van der Waals surface area (Å²) in [6.45, 7) is 3.64. The van der Waals surface area contributed by atoms with Crippen molar-refractivity contribution in [2.24, 2.45) is 0 Å². The van der Waals surface area contributed by atoms with Crippen LogP contribution in [0.2, 0.25) is 0 Å². The standard InChI is InChI=1S/C15H17FN2/c1-2-18(15-5-3-4-13(16)10-15)11-12-6-8-14(17)9-7-12/h3-10H,2,11,17H2,1H3. The zero-order valence-corrected chi connectivity index (χ0v) is 10.4. The summed E-state index contributed by atoms with van der Waals surface area (Å²) in [6, 6.07) is 14.4. The third-order valence-electron chi connectivity index (χ3n) is 2.91. The number of nitrogens with two attached hydrogens (primary N) is 1. The van der Waals surface area contributed by atoms with Crippen LogP contribution in [0, 0.1) is 5.82 Å². The summed E-state index contributed by atoms with van der Waals surface area (Å²) in [5.74, 6) is -0.205. The molecule has 0 fully saturated rings. The van der Waals surface area contributed by atoms with Crippen molar-refractivity contribution in [1.82, 2.24) is 0 Å². The number of nitrogen functional groups attached to an aromatic ring is 1. The second-order valence-corrected chi connectivity index (χ2v) is 4.24. The lowest BCUT2D eigenvalue weighted by molar-refractivity contribution is 0.626. The molecule has 0 saturated carbocycles. The van der Waals surface area contributed by atoms with Gasteiger partial charge in [-0.15, -0.1) is 0 Å². The Morgan fingerprint density at radius 2 is 1.83 bits per heavy atom. The summed E-state index contributed by atoms with van der Waals surface area (Å²) in [6.07, 6.45) is 0. The molecule has 0 atom stereocenters. The number of hydrogen-bond donors (Lipinski definition) is 1. The largest absolute Gasteiger partial charge is 0.399 e. The second-order valence-electron chi connectivity index (χ2n) is 4.24. The van der Waals surface area contributed by atoms with Crippen LogP contribution in [-0.2, 0) is 6.54 Å². The summed E-state index contributed by atoms with van der Waals surface area (Å²) < 4.78 is 13.2. The molecule has 2 rings (SSSR count). The molecule has 0 aliphatic heterocycles. The van der Waals surface area contributed by atoms with E-state index >= 15 is 0 Å². The molecule has 0 aliphatic carbocycles. The third-order valence-corrected chi connectivity index (χ3v) is 2.91. The topological polar surface area (TPSA) is 29.3 Å². The number of nitrogens with zero attached hydrogens (tertiary/aromatic N) is 1. The van der Waals surface area contributed by atoms with E-state index in [0.29, 0.717) is 0 Å².